The van der Waals surface area contributed by atoms with Gasteiger partial charge in [0.15, 0.2) is 0 Å². The molecule has 0 atom stereocenters. The Kier molecular flexibility index (Phi) is 2.59. The van der Waals surface area contributed by atoms with E-state index in [9.17, 15) is 0 Å². The average molecular weight is 248 g/mol. The molecule has 1 aromatic heterocycles. The van der Waals surface area contributed by atoms with Crippen molar-refractivity contribution in [2.24, 2.45) is 0 Å². The van der Waals surface area contributed by atoms with Gasteiger partial charge < -0.3 is 0 Å². The van der Waals surface area contributed by atoms with Crippen molar-refractivity contribution >= 4 is 22.6 Å². The van der Waals surface area contributed by atoms with Gasteiger partial charge >= 0.3 is 0 Å². The number of halogens is 1. The molecule has 0 N–H and O–H groups in total. The van der Waals surface area contributed by atoms with Crippen LogP contribution >= 0.6 is 22.6 Å². The summed E-state index contributed by atoms with van der Waals surface area (Å²) >= 11 is 2.20. The molecule has 0 bridgehead atoms. The summed E-state index contributed by atoms with van der Waals surface area (Å²) in [5, 5.41) is 0. The lowest BCUT2D eigenvalue weighted by Gasteiger charge is -1.98. The van der Waals surface area contributed by atoms with E-state index in [1.807, 2.05) is 6.92 Å². The van der Waals surface area contributed by atoms with Crippen molar-refractivity contribution in [3.63, 3.8) is 0 Å². The lowest BCUT2D eigenvalue weighted by molar-refractivity contribution is 0.946. The molecule has 0 saturated heterocycles. The normalized spacial score (nSPS) is 9.90. The maximum absolute atomic E-state index is 4.32. The molecule has 0 aromatic carbocycles. The Labute approximate surface area is 74.2 Å². The maximum Gasteiger partial charge on any atom is 0.122 e. The molecule has 1 rings (SSSR count). The largest absolute Gasteiger partial charge is 0.254 e. The number of hydrogen-bond acceptors (Lipinski definition) is 2. The van der Waals surface area contributed by atoms with E-state index in [0.717, 1.165) is 21.5 Å². The van der Waals surface area contributed by atoms with Crippen LogP contribution in [0.2, 0.25) is 0 Å². The van der Waals surface area contributed by atoms with Crippen LogP contribution in [0.3, 0.4) is 0 Å². The van der Waals surface area contributed by atoms with Gasteiger partial charge in [0.05, 0.1) is 11.4 Å². The quantitative estimate of drug-likeness (QED) is 0.710. The highest BCUT2D eigenvalue weighted by Crippen LogP contribution is 2.06. The lowest BCUT2D eigenvalue weighted by Crippen LogP contribution is -1.96. The summed E-state index contributed by atoms with van der Waals surface area (Å²) in [5.41, 5.74) is 2.10. The molecule has 0 fully saturated rings. The first-order valence-electron chi connectivity index (χ1n) is 3.22. The van der Waals surface area contributed by atoms with Crippen molar-refractivity contribution in [3.05, 3.63) is 21.3 Å². The highest BCUT2D eigenvalue weighted by Gasteiger charge is 1.98. The average Bonchev–Trinajstić information content (AvgIpc) is 1.94. The second-order valence-electron chi connectivity index (χ2n) is 2.10. The summed E-state index contributed by atoms with van der Waals surface area (Å²) in [7, 11) is 0. The van der Waals surface area contributed by atoms with Gasteiger partial charge in [-0.05, 0) is 35.9 Å². The first-order valence-corrected chi connectivity index (χ1v) is 4.30. The Morgan fingerprint density at radius 1 is 1.60 bits per heavy atom. The summed E-state index contributed by atoms with van der Waals surface area (Å²) in [5.74, 6) is 0. The first-order chi connectivity index (χ1) is 4.74. The molecule has 0 aliphatic heterocycles. The molecule has 0 aliphatic carbocycles. The predicted molar refractivity (Wildman–Crippen MR) is 48.9 cm³/mol. The SMILES string of the molecule is CCc1nc(C)cnc1I. The first kappa shape index (κ1) is 7.91. The topological polar surface area (TPSA) is 25.8 Å². The van der Waals surface area contributed by atoms with Gasteiger partial charge in [0.1, 0.15) is 3.70 Å². The van der Waals surface area contributed by atoms with Gasteiger partial charge in [0.25, 0.3) is 0 Å². The summed E-state index contributed by atoms with van der Waals surface area (Å²) in [6.07, 6.45) is 2.76. The molecule has 1 heterocycles. The molecular formula is C7H9IN2. The number of hydrogen-bond donors (Lipinski definition) is 0. The number of rotatable bonds is 1. The van der Waals surface area contributed by atoms with Crippen molar-refractivity contribution in [1.82, 2.24) is 9.97 Å². The van der Waals surface area contributed by atoms with E-state index < -0.39 is 0 Å². The molecule has 0 unspecified atom stereocenters. The minimum absolute atomic E-state index is 0.965. The summed E-state index contributed by atoms with van der Waals surface area (Å²) in [6.45, 7) is 4.05. The molecule has 0 saturated carbocycles. The van der Waals surface area contributed by atoms with Gasteiger partial charge in [-0.3, -0.25) is 4.98 Å². The summed E-state index contributed by atoms with van der Waals surface area (Å²) in [4.78, 5) is 8.49. The van der Waals surface area contributed by atoms with Crippen molar-refractivity contribution in [2.75, 3.05) is 0 Å². The molecule has 0 spiro atoms. The second-order valence-corrected chi connectivity index (χ2v) is 3.12. The van der Waals surface area contributed by atoms with Gasteiger partial charge in [0, 0.05) is 6.20 Å². The maximum atomic E-state index is 4.32. The van der Waals surface area contributed by atoms with E-state index >= 15 is 0 Å². The Bertz CT molecular complexity index is 235. The zero-order valence-electron chi connectivity index (χ0n) is 6.06. The highest BCUT2D eigenvalue weighted by molar-refractivity contribution is 14.1. The molecule has 2 nitrogen and oxygen atoms in total. The van der Waals surface area contributed by atoms with Crippen LogP contribution in [0.4, 0.5) is 0 Å². The molecule has 0 amide bonds. The fraction of sp³-hybridized carbons (Fsp3) is 0.429. The van der Waals surface area contributed by atoms with Crippen LogP contribution in [-0.2, 0) is 6.42 Å². The fourth-order valence-corrected chi connectivity index (χ4v) is 1.38. The van der Waals surface area contributed by atoms with Crippen LogP contribution in [0.15, 0.2) is 6.20 Å². The Hall–Kier alpha value is -0.190. The van der Waals surface area contributed by atoms with Crippen molar-refractivity contribution in [1.29, 1.82) is 0 Å². The minimum Gasteiger partial charge on any atom is -0.254 e. The third-order valence-corrected chi connectivity index (χ3v) is 2.15. The van der Waals surface area contributed by atoms with Crippen LogP contribution < -0.4 is 0 Å². The highest BCUT2D eigenvalue weighted by atomic mass is 127. The third-order valence-electron chi connectivity index (χ3n) is 1.25. The zero-order valence-corrected chi connectivity index (χ0v) is 8.21. The van der Waals surface area contributed by atoms with Crippen LogP contribution in [0.25, 0.3) is 0 Å². The smallest absolute Gasteiger partial charge is 0.122 e. The molecule has 0 aliphatic rings. The van der Waals surface area contributed by atoms with Crippen LogP contribution in [0.5, 0.6) is 0 Å². The van der Waals surface area contributed by atoms with E-state index in [2.05, 4.69) is 39.5 Å². The van der Waals surface area contributed by atoms with Crippen molar-refractivity contribution < 1.29 is 0 Å². The molecule has 0 radical (unpaired) electrons. The Morgan fingerprint density at radius 3 is 2.80 bits per heavy atom. The third kappa shape index (κ3) is 1.65. The van der Waals surface area contributed by atoms with E-state index in [1.165, 1.54) is 0 Å². The van der Waals surface area contributed by atoms with Crippen LogP contribution in [0.1, 0.15) is 18.3 Å². The van der Waals surface area contributed by atoms with Crippen LogP contribution in [0, 0.1) is 10.6 Å². The van der Waals surface area contributed by atoms with Gasteiger partial charge in [-0.2, -0.15) is 0 Å². The van der Waals surface area contributed by atoms with Gasteiger partial charge in [-0.15, -0.1) is 0 Å². The molecule has 3 heteroatoms. The van der Waals surface area contributed by atoms with E-state index in [1.54, 1.807) is 6.20 Å². The summed E-state index contributed by atoms with van der Waals surface area (Å²) < 4.78 is 1.02. The number of aromatic nitrogens is 2. The molecule has 10 heavy (non-hydrogen) atoms. The summed E-state index contributed by atoms with van der Waals surface area (Å²) in [6, 6.07) is 0. The number of aryl methyl sites for hydroxylation is 2. The van der Waals surface area contributed by atoms with E-state index in [-0.39, 0.29) is 0 Å². The molecule has 1 aromatic rings. The van der Waals surface area contributed by atoms with Gasteiger partial charge in [-0.1, -0.05) is 6.92 Å². The fourth-order valence-electron chi connectivity index (χ4n) is 0.737. The number of nitrogens with zero attached hydrogens (tertiary/aromatic N) is 2. The standard InChI is InChI=1S/C7H9IN2/c1-3-6-7(8)9-4-5(2)10-6/h4H,3H2,1-2H3. The van der Waals surface area contributed by atoms with Gasteiger partial charge in [-0.25, -0.2) is 4.98 Å². The van der Waals surface area contributed by atoms with Crippen molar-refractivity contribution in [3.8, 4) is 0 Å². The van der Waals surface area contributed by atoms with E-state index in [4.69, 9.17) is 0 Å². The monoisotopic (exact) mass is 248 g/mol. The van der Waals surface area contributed by atoms with E-state index in [0.29, 0.717) is 0 Å². The predicted octanol–water partition coefficient (Wildman–Crippen LogP) is 1.95. The van der Waals surface area contributed by atoms with Crippen LogP contribution in [-0.4, -0.2) is 9.97 Å². The lowest BCUT2D eigenvalue weighted by atomic mass is 10.3. The Morgan fingerprint density at radius 2 is 2.30 bits per heavy atom. The van der Waals surface area contributed by atoms with Crippen molar-refractivity contribution in [2.45, 2.75) is 20.3 Å². The molecule has 54 valence electrons. The Balaban J connectivity index is 3.09. The van der Waals surface area contributed by atoms with Gasteiger partial charge in [0.2, 0.25) is 0 Å². The molecular weight excluding hydrogens is 239 g/mol. The second kappa shape index (κ2) is 3.27. The minimum atomic E-state index is 0.965. The zero-order chi connectivity index (χ0) is 7.56.